The van der Waals surface area contributed by atoms with Crippen LogP contribution in [-0.2, 0) is 39.9 Å². The molecule has 0 aliphatic carbocycles. The molecular formula is C25H37N3O8. The second-order valence-electron chi connectivity index (χ2n) is 8.31. The first kappa shape index (κ1) is 29.5. The van der Waals surface area contributed by atoms with Gasteiger partial charge in [-0.1, -0.05) is 19.1 Å². The van der Waals surface area contributed by atoms with Crippen molar-refractivity contribution >= 4 is 29.7 Å². The number of rotatable bonds is 18. The molecule has 1 aromatic rings. The molecule has 0 spiro atoms. The van der Waals surface area contributed by atoms with Crippen LogP contribution in [0.5, 0.6) is 0 Å². The molecule has 2 N–H and O–H groups in total. The first-order valence-electron chi connectivity index (χ1n) is 12.2. The largest absolute Gasteiger partial charge is 0.379 e. The zero-order valence-electron chi connectivity index (χ0n) is 21.1. The molecule has 0 saturated carbocycles. The molecule has 200 valence electrons. The molecular weight excluding hydrogens is 470 g/mol. The van der Waals surface area contributed by atoms with Gasteiger partial charge in [0.1, 0.15) is 12.9 Å². The first-order chi connectivity index (χ1) is 17.5. The summed E-state index contributed by atoms with van der Waals surface area (Å²) >= 11 is 0. The third-order valence-corrected chi connectivity index (χ3v) is 5.46. The molecule has 2 rings (SSSR count). The van der Waals surface area contributed by atoms with Crippen molar-refractivity contribution in [1.29, 1.82) is 0 Å². The van der Waals surface area contributed by atoms with Crippen molar-refractivity contribution in [2.75, 3.05) is 65.2 Å². The van der Waals surface area contributed by atoms with E-state index in [2.05, 4.69) is 10.6 Å². The van der Waals surface area contributed by atoms with Crippen LogP contribution in [0.4, 0.5) is 5.69 Å². The molecule has 11 heteroatoms. The number of hydrogen-bond donors (Lipinski definition) is 2. The maximum atomic E-state index is 12.4. The lowest BCUT2D eigenvalue weighted by Gasteiger charge is -2.30. The summed E-state index contributed by atoms with van der Waals surface area (Å²) in [6.45, 7) is 5.37. The third kappa shape index (κ3) is 10.5. The number of likely N-dealkylation sites (N-methyl/N-ethyl adjacent to an activating group) is 1. The van der Waals surface area contributed by atoms with Crippen molar-refractivity contribution in [2.45, 2.75) is 38.8 Å². The van der Waals surface area contributed by atoms with Crippen LogP contribution in [0.2, 0.25) is 0 Å². The van der Waals surface area contributed by atoms with Gasteiger partial charge in [-0.2, -0.15) is 0 Å². The number of hydrogen-bond acceptors (Lipinski definition) is 9. The number of carbonyl (C=O) groups excluding carboxylic acids is 4. The summed E-state index contributed by atoms with van der Waals surface area (Å²) in [7, 11) is 1.74. The Morgan fingerprint density at radius 1 is 1.06 bits per heavy atom. The van der Waals surface area contributed by atoms with Crippen LogP contribution in [0, 0.1) is 0 Å². The van der Waals surface area contributed by atoms with E-state index in [4.69, 9.17) is 18.9 Å². The van der Waals surface area contributed by atoms with Crippen LogP contribution in [0.3, 0.4) is 0 Å². The van der Waals surface area contributed by atoms with Crippen molar-refractivity contribution in [1.82, 2.24) is 10.2 Å². The Morgan fingerprint density at radius 3 is 2.31 bits per heavy atom. The van der Waals surface area contributed by atoms with E-state index >= 15 is 0 Å². The molecule has 1 atom stereocenters. The lowest BCUT2D eigenvalue weighted by molar-refractivity contribution is -0.137. The van der Waals surface area contributed by atoms with Gasteiger partial charge in [-0.3, -0.25) is 29.4 Å². The van der Waals surface area contributed by atoms with Crippen LogP contribution >= 0.6 is 0 Å². The van der Waals surface area contributed by atoms with E-state index < -0.39 is 6.04 Å². The molecule has 0 radical (unpaired) electrons. The Morgan fingerprint density at radius 2 is 1.69 bits per heavy atom. The van der Waals surface area contributed by atoms with Gasteiger partial charge in [0.2, 0.25) is 17.7 Å². The summed E-state index contributed by atoms with van der Waals surface area (Å²) in [4.78, 5) is 49.4. The normalized spacial score (nSPS) is 15.7. The zero-order chi connectivity index (χ0) is 26.2. The highest BCUT2D eigenvalue weighted by molar-refractivity contribution is 6.00. The molecule has 1 aliphatic rings. The van der Waals surface area contributed by atoms with E-state index in [0.29, 0.717) is 62.6 Å². The second-order valence-corrected chi connectivity index (χ2v) is 8.31. The second kappa shape index (κ2) is 16.9. The summed E-state index contributed by atoms with van der Waals surface area (Å²) in [6.07, 6.45) is 2.33. The van der Waals surface area contributed by atoms with Crippen LogP contribution in [0.1, 0.15) is 42.1 Å². The number of nitrogens with zero attached hydrogens (tertiary/aromatic N) is 1. The number of benzene rings is 1. The minimum Gasteiger partial charge on any atom is -0.379 e. The van der Waals surface area contributed by atoms with Gasteiger partial charge in [-0.15, -0.1) is 0 Å². The standard InChI is InChI=1S/C25H37N3O8/c1-3-9-33-10-11-34-12-13-35-14-15-36-18-24(31)26-21-6-4-5-19(17-29)20(21)16-28(2)22-7-8-23(30)27-25(22)32/h4-6,17,22H,3,7-16,18H2,1-2H3,(H,26,31)(H,27,30,32). The van der Waals surface area contributed by atoms with Gasteiger partial charge in [-0.25, -0.2) is 0 Å². The van der Waals surface area contributed by atoms with Gasteiger partial charge in [-0.05, 0) is 26.0 Å². The highest BCUT2D eigenvalue weighted by Gasteiger charge is 2.30. The van der Waals surface area contributed by atoms with Crippen molar-refractivity contribution < 1.29 is 38.1 Å². The third-order valence-electron chi connectivity index (χ3n) is 5.46. The number of amides is 3. The summed E-state index contributed by atoms with van der Waals surface area (Å²) in [5.41, 5.74) is 1.44. The minimum atomic E-state index is -0.505. The Hall–Kier alpha value is -2.70. The number of piperidine rings is 1. The topological polar surface area (TPSA) is 132 Å². The van der Waals surface area contributed by atoms with Gasteiger partial charge in [0.25, 0.3) is 0 Å². The van der Waals surface area contributed by atoms with Crippen LogP contribution < -0.4 is 10.6 Å². The van der Waals surface area contributed by atoms with Gasteiger partial charge in [0, 0.05) is 36.4 Å². The lowest BCUT2D eigenvalue weighted by atomic mass is 10.0. The smallest absolute Gasteiger partial charge is 0.250 e. The zero-order valence-corrected chi connectivity index (χ0v) is 21.1. The molecule has 1 heterocycles. The number of anilines is 1. The van der Waals surface area contributed by atoms with Crippen molar-refractivity contribution in [3.05, 3.63) is 29.3 Å². The molecule has 1 fully saturated rings. The highest BCUT2D eigenvalue weighted by Crippen LogP contribution is 2.23. The summed E-state index contributed by atoms with van der Waals surface area (Å²) in [5.74, 6) is -1.04. The Bertz CT molecular complexity index is 864. The molecule has 36 heavy (non-hydrogen) atoms. The molecule has 1 saturated heterocycles. The highest BCUT2D eigenvalue weighted by atomic mass is 16.6. The summed E-state index contributed by atoms with van der Waals surface area (Å²) in [5, 5.41) is 5.11. The Labute approximate surface area is 211 Å². The predicted molar refractivity (Wildman–Crippen MR) is 132 cm³/mol. The average Bonchev–Trinajstić information content (AvgIpc) is 2.85. The van der Waals surface area contributed by atoms with Gasteiger partial charge in [0.15, 0.2) is 0 Å². The molecule has 1 aliphatic heterocycles. The van der Waals surface area contributed by atoms with Crippen molar-refractivity contribution in [3.63, 3.8) is 0 Å². The lowest BCUT2D eigenvalue weighted by Crippen LogP contribution is -2.51. The van der Waals surface area contributed by atoms with E-state index in [0.717, 1.165) is 13.0 Å². The van der Waals surface area contributed by atoms with Crippen LogP contribution in [0.25, 0.3) is 0 Å². The van der Waals surface area contributed by atoms with Gasteiger partial charge in [0.05, 0.1) is 45.7 Å². The number of carbonyl (C=O) groups is 4. The molecule has 3 amide bonds. The molecule has 0 bridgehead atoms. The Balaban J connectivity index is 1.73. The van der Waals surface area contributed by atoms with E-state index in [1.54, 1.807) is 30.1 Å². The molecule has 1 aromatic carbocycles. The number of aldehydes is 1. The number of imide groups is 1. The molecule has 1 unspecified atom stereocenters. The fraction of sp³-hybridized carbons (Fsp3) is 0.600. The predicted octanol–water partition coefficient (Wildman–Crippen LogP) is 1.15. The van der Waals surface area contributed by atoms with E-state index in [1.165, 1.54) is 0 Å². The van der Waals surface area contributed by atoms with E-state index in [9.17, 15) is 19.2 Å². The van der Waals surface area contributed by atoms with Crippen LogP contribution in [-0.4, -0.2) is 94.9 Å². The fourth-order valence-corrected chi connectivity index (χ4v) is 3.63. The monoisotopic (exact) mass is 507 g/mol. The van der Waals surface area contributed by atoms with Gasteiger partial charge >= 0.3 is 0 Å². The van der Waals surface area contributed by atoms with E-state index in [1.807, 2.05) is 6.92 Å². The SMILES string of the molecule is CCCOCCOCCOCCOCC(=O)Nc1cccc(C=O)c1CN(C)C1CCC(=O)NC1=O. The summed E-state index contributed by atoms with van der Waals surface area (Å²) < 4.78 is 21.5. The molecule has 0 aromatic heterocycles. The summed E-state index contributed by atoms with van der Waals surface area (Å²) in [6, 6.07) is 4.50. The number of nitrogens with one attached hydrogen (secondary N) is 2. The van der Waals surface area contributed by atoms with Crippen molar-refractivity contribution in [3.8, 4) is 0 Å². The fourth-order valence-electron chi connectivity index (χ4n) is 3.63. The van der Waals surface area contributed by atoms with Crippen LogP contribution in [0.15, 0.2) is 18.2 Å². The maximum absolute atomic E-state index is 12.4. The Kier molecular flexibility index (Phi) is 13.8. The minimum absolute atomic E-state index is 0.178. The number of ether oxygens (including phenoxy) is 4. The van der Waals surface area contributed by atoms with Gasteiger partial charge < -0.3 is 24.3 Å². The molecule has 11 nitrogen and oxygen atoms in total. The maximum Gasteiger partial charge on any atom is 0.250 e. The van der Waals surface area contributed by atoms with E-state index in [-0.39, 0.29) is 43.9 Å². The first-order valence-corrected chi connectivity index (χ1v) is 12.2. The quantitative estimate of drug-likeness (QED) is 0.171. The van der Waals surface area contributed by atoms with Crippen molar-refractivity contribution in [2.24, 2.45) is 0 Å². The average molecular weight is 508 g/mol.